The van der Waals surface area contributed by atoms with E-state index >= 15 is 0 Å². The summed E-state index contributed by atoms with van der Waals surface area (Å²) in [7, 11) is 1.66. The molecule has 5 nitrogen and oxygen atoms in total. The van der Waals surface area contributed by atoms with Crippen LogP contribution in [0.3, 0.4) is 0 Å². The highest BCUT2D eigenvalue weighted by atomic mass is 16.5. The molecule has 3 rings (SSSR count). The fraction of sp³-hybridized carbons (Fsp3) is 0.167. The van der Waals surface area contributed by atoms with Crippen LogP contribution in [0.1, 0.15) is 11.3 Å². The SMILES string of the molecule is COc1cccc(CCNc2c(C#N)nnc3ccccc23)c1. The first kappa shape index (κ1) is 14.8. The van der Waals surface area contributed by atoms with Crippen molar-refractivity contribution in [1.29, 1.82) is 5.26 Å². The van der Waals surface area contributed by atoms with Crippen LogP contribution in [0.25, 0.3) is 10.9 Å². The maximum atomic E-state index is 9.25. The molecule has 0 radical (unpaired) electrons. The molecule has 2 aromatic carbocycles. The van der Waals surface area contributed by atoms with Gasteiger partial charge in [0.2, 0.25) is 0 Å². The molecule has 0 unspecified atom stereocenters. The summed E-state index contributed by atoms with van der Waals surface area (Å²) in [4.78, 5) is 0. The number of rotatable bonds is 5. The number of anilines is 1. The highest BCUT2D eigenvalue weighted by molar-refractivity contribution is 5.92. The number of fused-ring (bicyclic) bond motifs is 1. The minimum atomic E-state index is 0.314. The lowest BCUT2D eigenvalue weighted by Crippen LogP contribution is -2.08. The second kappa shape index (κ2) is 6.75. The van der Waals surface area contributed by atoms with Gasteiger partial charge in [0, 0.05) is 11.9 Å². The zero-order valence-corrected chi connectivity index (χ0v) is 12.8. The van der Waals surface area contributed by atoms with Gasteiger partial charge in [0.1, 0.15) is 11.8 Å². The molecule has 3 aromatic rings. The van der Waals surface area contributed by atoms with Crippen LogP contribution in [0.4, 0.5) is 5.69 Å². The molecule has 0 aliphatic rings. The van der Waals surface area contributed by atoms with Crippen molar-refractivity contribution in [1.82, 2.24) is 10.2 Å². The van der Waals surface area contributed by atoms with Crippen molar-refractivity contribution in [2.45, 2.75) is 6.42 Å². The molecule has 0 atom stereocenters. The number of nitrogens with one attached hydrogen (secondary N) is 1. The van der Waals surface area contributed by atoms with Gasteiger partial charge in [0.05, 0.1) is 18.3 Å². The molecule has 0 saturated heterocycles. The minimum Gasteiger partial charge on any atom is -0.497 e. The number of nitriles is 1. The van der Waals surface area contributed by atoms with Crippen molar-refractivity contribution < 1.29 is 4.74 Å². The van der Waals surface area contributed by atoms with Crippen molar-refractivity contribution in [2.24, 2.45) is 0 Å². The number of hydrogen-bond acceptors (Lipinski definition) is 5. The summed E-state index contributed by atoms with van der Waals surface area (Å²) in [5.74, 6) is 0.844. The molecule has 114 valence electrons. The Morgan fingerprint density at radius 1 is 1.13 bits per heavy atom. The van der Waals surface area contributed by atoms with E-state index in [1.807, 2.05) is 42.5 Å². The van der Waals surface area contributed by atoms with E-state index in [1.54, 1.807) is 7.11 Å². The Hall–Kier alpha value is -3.13. The molecular weight excluding hydrogens is 288 g/mol. The molecule has 0 saturated carbocycles. The first-order chi connectivity index (χ1) is 11.3. The van der Waals surface area contributed by atoms with Gasteiger partial charge >= 0.3 is 0 Å². The number of ether oxygens (including phenoxy) is 1. The zero-order valence-electron chi connectivity index (χ0n) is 12.8. The van der Waals surface area contributed by atoms with Crippen molar-refractivity contribution >= 4 is 16.6 Å². The lowest BCUT2D eigenvalue weighted by atomic mass is 10.1. The highest BCUT2D eigenvalue weighted by Crippen LogP contribution is 2.23. The molecule has 0 amide bonds. The van der Waals surface area contributed by atoms with Gasteiger partial charge in [0.25, 0.3) is 0 Å². The van der Waals surface area contributed by atoms with Crippen LogP contribution in [-0.4, -0.2) is 23.9 Å². The third kappa shape index (κ3) is 3.22. The van der Waals surface area contributed by atoms with Crippen LogP contribution >= 0.6 is 0 Å². The van der Waals surface area contributed by atoms with Gasteiger partial charge in [0.15, 0.2) is 5.69 Å². The van der Waals surface area contributed by atoms with Gasteiger partial charge in [-0.25, -0.2) is 0 Å². The van der Waals surface area contributed by atoms with Gasteiger partial charge in [-0.15, -0.1) is 10.2 Å². The summed E-state index contributed by atoms with van der Waals surface area (Å²) < 4.78 is 5.23. The second-order valence-corrected chi connectivity index (χ2v) is 5.08. The van der Waals surface area contributed by atoms with Crippen molar-refractivity contribution in [3.8, 4) is 11.8 Å². The standard InChI is InChI=1S/C18H16N4O/c1-23-14-6-4-5-13(11-14)9-10-20-18-15-7-2-3-8-16(15)21-22-17(18)12-19/h2-8,11H,9-10H2,1H3,(H,20,21). The van der Waals surface area contributed by atoms with E-state index in [4.69, 9.17) is 4.74 Å². The molecule has 5 heteroatoms. The van der Waals surface area contributed by atoms with Crippen molar-refractivity contribution in [3.63, 3.8) is 0 Å². The predicted octanol–water partition coefficient (Wildman–Crippen LogP) is 3.16. The Morgan fingerprint density at radius 2 is 2.00 bits per heavy atom. The number of methoxy groups -OCH3 is 1. The summed E-state index contributed by atoms with van der Waals surface area (Å²) in [5, 5.41) is 21.5. The van der Waals surface area contributed by atoms with Gasteiger partial charge in [-0.05, 0) is 30.2 Å². The first-order valence-corrected chi connectivity index (χ1v) is 7.34. The third-order valence-electron chi connectivity index (χ3n) is 3.62. The maximum Gasteiger partial charge on any atom is 0.186 e. The summed E-state index contributed by atoms with van der Waals surface area (Å²) in [6.45, 7) is 0.692. The quantitative estimate of drug-likeness (QED) is 0.784. The summed E-state index contributed by atoms with van der Waals surface area (Å²) in [6.07, 6.45) is 0.818. The van der Waals surface area contributed by atoms with E-state index in [1.165, 1.54) is 5.56 Å². The predicted molar refractivity (Wildman–Crippen MR) is 89.4 cm³/mol. The van der Waals surface area contributed by atoms with E-state index in [9.17, 15) is 5.26 Å². The number of hydrogen-bond donors (Lipinski definition) is 1. The number of aromatic nitrogens is 2. The number of nitrogens with zero attached hydrogens (tertiary/aromatic N) is 3. The van der Waals surface area contributed by atoms with Crippen LogP contribution in [-0.2, 0) is 6.42 Å². The van der Waals surface area contributed by atoms with Crippen LogP contribution in [0.2, 0.25) is 0 Å². The molecule has 0 bridgehead atoms. The maximum absolute atomic E-state index is 9.25. The van der Waals surface area contributed by atoms with Crippen LogP contribution < -0.4 is 10.1 Å². The Morgan fingerprint density at radius 3 is 2.83 bits per heavy atom. The Labute approximate surface area is 134 Å². The summed E-state index contributed by atoms with van der Waals surface area (Å²) >= 11 is 0. The molecular formula is C18H16N4O. The molecule has 0 aliphatic carbocycles. The van der Waals surface area contributed by atoms with E-state index in [-0.39, 0.29) is 0 Å². The highest BCUT2D eigenvalue weighted by Gasteiger charge is 2.09. The van der Waals surface area contributed by atoms with Gasteiger partial charge in [-0.2, -0.15) is 5.26 Å². The van der Waals surface area contributed by atoms with Gasteiger partial charge < -0.3 is 10.1 Å². The second-order valence-electron chi connectivity index (χ2n) is 5.08. The smallest absolute Gasteiger partial charge is 0.186 e. The van der Waals surface area contributed by atoms with E-state index in [0.717, 1.165) is 28.8 Å². The van der Waals surface area contributed by atoms with Crippen molar-refractivity contribution in [2.75, 3.05) is 19.0 Å². The molecule has 0 spiro atoms. The van der Waals surface area contributed by atoms with Crippen LogP contribution in [0.15, 0.2) is 48.5 Å². The molecule has 1 N–H and O–H groups in total. The Balaban J connectivity index is 1.80. The van der Waals surface area contributed by atoms with E-state index < -0.39 is 0 Å². The lowest BCUT2D eigenvalue weighted by Gasteiger charge is -2.10. The molecule has 1 heterocycles. The molecule has 0 fully saturated rings. The summed E-state index contributed by atoms with van der Waals surface area (Å²) in [6, 6.07) is 17.7. The Bertz CT molecular complexity index is 870. The normalized spacial score (nSPS) is 10.3. The van der Waals surface area contributed by atoms with Gasteiger partial charge in [-0.3, -0.25) is 0 Å². The molecule has 0 aliphatic heterocycles. The molecule has 23 heavy (non-hydrogen) atoms. The monoisotopic (exact) mass is 304 g/mol. The van der Waals surface area contributed by atoms with Crippen molar-refractivity contribution in [3.05, 3.63) is 59.8 Å². The van der Waals surface area contributed by atoms with E-state index in [2.05, 4.69) is 27.6 Å². The fourth-order valence-electron chi connectivity index (χ4n) is 2.47. The molecule has 1 aromatic heterocycles. The van der Waals surface area contributed by atoms with Crippen LogP contribution in [0.5, 0.6) is 5.75 Å². The summed E-state index contributed by atoms with van der Waals surface area (Å²) in [5.41, 5.74) is 2.99. The lowest BCUT2D eigenvalue weighted by molar-refractivity contribution is 0.414. The average Bonchev–Trinajstić information content (AvgIpc) is 2.62. The fourth-order valence-corrected chi connectivity index (χ4v) is 2.47. The third-order valence-corrected chi connectivity index (χ3v) is 3.62. The topological polar surface area (TPSA) is 70.8 Å². The largest absolute Gasteiger partial charge is 0.497 e. The zero-order chi connectivity index (χ0) is 16.1. The van der Waals surface area contributed by atoms with Crippen LogP contribution in [0, 0.1) is 11.3 Å². The number of benzene rings is 2. The van der Waals surface area contributed by atoms with Gasteiger partial charge in [-0.1, -0.05) is 30.3 Å². The average molecular weight is 304 g/mol. The van der Waals surface area contributed by atoms with E-state index in [0.29, 0.717) is 12.2 Å². The first-order valence-electron chi connectivity index (χ1n) is 7.34. The minimum absolute atomic E-state index is 0.314. The Kier molecular flexibility index (Phi) is 4.34.